The van der Waals surface area contributed by atoms with Gasteiger partial charge in [-0.25, -0.2) is 0 Å². The maximum atomic E-state index is 6.01. The van der Waals surface area contributed by atoms with Gasteiger partial charge in [0, 0.05) is 21.5 Å². The third-order valence-electron chi connectivity index (χ3n) is 4.41. The van der Waals surface area contributed by atoms with E-state index in [0.717, 1.165) is 22.3 Å². The Kier molecular flexibility index (Phi) is 1.26. The fraction of sp³-hybridized carbons (Fsp3) is 0. The lowest BCUT2D eigenvalue weighted by Gasteiger charge is -2.04. The molecular formula is C18H8O2. The first-order valence-electron chi connectivity index (χ1n) is 6.72. The largest absolute Gasteiger partial charge is 0.456 e. The third-order valence-corrected chi connectivity index (χ3v) is 4.41. The Balaban J connectivity index is 2.25. The molecule has 20 heavy (non-hydrogen) atoms. The molecule has 0 aliphatic rings. The number of hydrogen-bond donors (Lipinski definition) is 0. The molecule has 0 unspecified atom stereocenters. The summed E-state index contributed by atoms with van der Waals surface area (Å²) in [5.41, 5.74) is 3.79. The average Bonchev–Trinajstić information content (AvgIpc) is 3.03. The van der Waals surface area contributed by atoms with E-state index in [-0.39, 0.29) is 0 Å². The van der Waals surface area contributed by atoms with Crippen molar-refractivity contribution in [1.82, 2.24) is 0 Å². The molecule has 6 rings (SSSR count). The Hall–Kier alpha value is -2.74. The summed E-state index contributed by atoms with van der Waals surface area (Å²) in [7, 11) is 0. The highest BCUT2D eigenvalue weighted by Gasteiger charge is 2.21. The molecule has 2 heteroatoms. The molecule has 0 aliphatic carbocycles. The van der Waals surface area contributed by atoms with Crippen LogP contribution in [0.25, 0.3) is 54.6 Å². The Morgan fingerprint density at radius 1 is 0.450 bits per heavy atom. The van der Waals surface area contributed by atoms with Gasteiger partial charge in [-0.3, -0.25) is 0 Å². The van der Waals surface area contributed by atoms with Gasteiger partial charge in [0.15, 0.2) is 0 Å². The summed E-state index contributed by atoms with van der Waals surface area (Å²) in [5, 5.41) is 7.32. The zero-order valence-corrected chi connectivity index (χ0v) is 10.4. The predicted molar refractivity (Wildman–Crippen MR) is 80.9 cm³/mol. The quantitative estimate of drug-likeness (QED) is 0.335. The van der Waals surface area contributed by atoms with Crippen molar-refractivity contribution in [2.45, 2.75) is 0 Å². The van der Waals surface area contributed by atoms with Gasteiger partial charge in [-0.2, -0.15) is 0 Å². The van der Waals surface area contributed by atoms with Crippen LogP contribution >= 0.6 is 0 Å². The Bertz CT molecular complexity index is 1140. The Morgan fingerprint density at radius 2 is 0.900 bits per heavy atom. The molecule has 0 fully saturated rings. The van der Waals surface area contributed by atoms with Crippen molar-refractivity contribution >= 4 is 54.6 Å². The van der Waals surface area contributed by atoms with Crippen molar-refractivity contribution in [3.8, 4) is 0 Å². The molecule has 2 nitrogen and oxygen atoms in total. The van der Waals surface area contributed by atoms with Crippen molar-refractivity contribution in [1.29, 1.82) is 0 Å². The molecule has 0 radical (unpaired) electrons. The van der Waals surface area contributed by atoms with Crippen LogP contribution in [-0.4, -0.2) is 0 Å². The predicted octanol–water partition coefficient (Wildman–Crippen LogP) is 5.51. The Labute approximate surface area is 112 Å². The van der Waals surface area contributed by atoms with Gasteiger partial charge in [0.2, 0.25) is 0 Å². The van der Waals surface area contributed by atoms with Crippen LogP contribution in [0.3, 0.4) is 0 Å². The van der Waals surface area contributed by atoms with E-state index in [0.29, 0.717) is 0 Å². The molecule has 2 aromatic heterocycles. The van der Waals surface area contributed by atoms with Gasteiger partial charge in [-0.05, 0) is 35.0 Å². The van der Waals surface area contributed by atoms with Gasteiger partial charge in [-0.15, -0.1) is 0 Å². The van der Waals surface area contributed by atoms with E-state index in [9.17, 15) is 0 Å². The molecule has 0 aliphatic heterocycles. The van der Waals surface area contributed by atoms with Crippen LogP contribution in [0.15, 0.2) is 57.4 Å². The summed E-state index contributed by atoms with van der Waals surface area (Å²) in [5.74, 6) is 0. The molecule has 0 spiro atoms. The first kappa shape index (κ1) is 9.21. The number of rotatable bonds is 0. The normalized spacial score (nSPS) is 13.0. The van der Waals surface area contributed by atoms with Gasteiger partial charge in [-0.1, -0.05) is 24.3 Å². The minimum atomic E-state index is 0.942. The summed E-state index contributed by atoms with van der Waals surface area (Å²) in [6, 6.07) is 16.5. The molecule has 6 aromatic rings. The van der Waals surface area contributed by atoms with Gasteiger partial charge < -0.3 is 8.83 Å². The minimum Gasteiger partial charge on any atom is -0.456 e. The molecule has 92 valence electrons. The molecule has 4 aromatic carbocycles. The smallest absolute Gasteiger partial charge is 0.136 e. The topological polar surface area (TPSA) is 26.3 Å². The van der Waals surface area contributed by atoms with Crippen LogP contribution in [0, 0.1) is 0 Å². The standard InChI is InChI=1S/C18H8O2/c1-3-9-10-4-2-6-12-16(10)18-14(20-12)8-7-13-17(18)15(9)11(5-1)19-13/h1-8H. The fourth-order valence-electron chi connectivity index (χ4n) is 3.66. The molecule has 2 heterocycles. The summed E-state index contributed by atoms with van der Waals surface area (Å²) >= 11 is 0. The molecule has 0 amide bonds. The van der Waals surface area contributed by atoms with Crippen molar-refractivity contribution in [3.63, 3.8) is 0 Å². The molecular weight excluding hydrogens is 248 g/mol. The van der Waals surface area contributed by atoms with Crippen LogP contribution in [0.1, 0.15) is 0 Å². The van der Waals surface area contributed by atoms with Crippen molar-refractivity contribution in [3.05, 3.63) is 48.5 Å². The van der Waals surface area contributed by atoms with Crippen LogP contribution in [0.2, 0.25) is 0 Å². The Morgan fingerprint density at radius 3 is 1.40 bits per heavy atom. The zero-order valence-electron chi connectivity index (χ0n) is 10.4. The van der Waals surface area contributed by atoms with E-state index in [1.165, 1.54) is 32.3 Å². The van der Waals surface area contributed by atoms with E-state index < -0.39 is 0 Å². The highest BCUT2D eigenvalue weighted by Crippen LogP contribution is 2.46. The van der Waals surface area contributed by atoms with Gasteiger partial charge >= 0.3 is 0 Å². The van der Waals surface area contributed by atoms with E-state index >= 15 is 0 Å². The molecule has 0 N–H and O–H groups in total. The van der Waals surface area contributed by atoms with E-state index in [4.69, 9.17) is 8.83 Å². The highest BCUT2D eigenvalue weighted by molar-refractivity contribution is 6.38. The second-order valence-corrected chi connectivity index (χ2v) is 5.37. The van der Waals surface area contributed by atoms with E-state index in [1.54, 1.807) is 0 Å². The first-order chi connectivity index (χ1) is 9.92. The minimum absolute atomic E-state index is 0.942. The lowest BCUT2D eigenvalue weighted by Crippen LogP contribution is -1.79. The van der Waals surface area contributed by atoms with E-state index in [1.807, 2.05) is 24.3 Å². The van der Waals surface area contributed by atoms with Crippen LogP contribution in [0.4, 0.5) is 0 Å². The summed E-state index contributed by atoms with van der Waals surface area (Å²) in [6.45, 7) is 0. The summed E-state index contributed by atoms with van der Waals surface area (Å²) in [4.78, 5) is 0. The summed E-state index contributed by atoms with van der Waals surface area (Å²) in [6.07, 6.45) is 0. The van der Waals surface area contributed by atoms with Gasteiger partial charge in [0.1, 0.15) is 22.3 Å². The maximum absolute atomic E-state index is 6.01. The fourth-order valence-corrected chi connectivity index (χ4v) is 3.66. The average molecular weight is 256 g/mol. The lowest BCUT2D eigenvalue weighted by atomic mass is 9.95. The van der Waals surface area contributed by atoms with Crippen LogP contribution in [-0.2, 0) is 0 Å². The highest BCUT2D eigenvalue weighted by atomic mass is 16.3. The molecule has 0 saturated heterocycles. The first-order valence-corrected chi connectivity index (χ1v) is 6.72. The third kappa shape index (κ3) is 0.801. The SMILES string of the molecule is c1cc2oc3ccc4oc5cccc6c(c1)c2c3c4c56. The van der Waals surface area contributed by atoms with Gasteiger partial charge in [0.25, 0.3) is 0 Å². The van der Waals surface area contributed by atoms with Gasteiger partial charge in [0.05, 0.1) is 0 Å². The maximum Gasteiger partial charge on any atom is 0.136 e. The molecule has 0 bridgehead atoms. The lowest BCUT2D eigenvalue weighted by molar-refractivity contribution is 0.663. The van der Waals surface area contributed by atoms with Crippen LogP contribution in [0.5, 0.6) is 0 Å². The zero-order chi connectivity index (χ0) is 12.8. The second kappa shape index (κ2) is 2.73. The van der Waals surface area contributed by atoms with Crippen LogP contribution < -0.4 is 0 Å². The summed E-state index contributed by atoms with van der Waals surface area (Å²) < 4.78 is 12.0. The molecule has 0 atom stereocenters. The monoisotopic (exact) mass is 256 g/mol. The van der Waals surface area contributed by atoms with Crippen molar-refractivity contribution in [2.24, 2.45) is 0 Å². The number of fused-ring (bicyclic) bond motifs is 1. The second-order valence-electron chi connectivity index (χ2n) is 5.37. The molecule has 0 saturated carbocycles. The van der Waals surface area contributed by atoms with Crippen molar-refractivity contribution in [2.75, 3.05) is 0 Å². The van der Waals surface area contributed by atoms with Crippen molar-refractivity contribution < 1.29 is 8.83 Å². The number of furan rings is 2. The number of benzene rings is 4. The van der Waals surface area contributed by atoms with E-state index in [2.05, 4.69) is 24.3 Å². The number of hydrogen-bond acceptors (Lipinski definition) is 2.